The fraction of sp³-hybridized carbons (Fsp3) is 0.385. The molecule has 1 atom stereocenters. The Labute approximate surface area is 187 Å². The highest BCUT2D eigenvalue weighted by Crippen LogP contribution is 2.36. The maximum Gasteiger partial charge on any atom is 0.261 e. The van der Waals surface area contributed by atoms with Gasteiger partial charge in [0.1, 0.15) is 5.82 Å². The van der Waals surface area contributed by atoms with E-state index in [0.29, 0.717) is 13.0 Å². The van der Waals surface area contributed by atoms with Gasteiger partial charge in [-0.05, 0) is 34.7 Å². The minimum atomic E-state index is -2.52. The average molecular weight is 432 g/mol. The molecule has 0 saturated carbocycles. The van der Waals surface area contributed by atoms with Crippen LogP contribution in [0.15, 0.2) is 66.9 Å². The first-order valence-corrected chi connectivity index (χ1v) is 13.2. The first-order valence-electron chi connectivity index (χ1n) is 11.3. The summed E-state index contributed by atoms with van der Waals surface area (Å²) in [6.45, 7) is 7.50. The molecule has 1 aliphatic rings. The number of benzene rings is 2. The predicted molar refractivity (Wildman–Crippen MR) is 129 cm³/mol. The molecule has 0 amide bonds. The summed E-state index contributed by atoms with van der Waals surface area (Å²) in [6.07, 6.45) is 5.75. The maximum atomic E-state index is 6.97. The Morgan fingerprint density at radius 3 is 2.19 bits per heavy atom. The van der Waals surface area contributed by atoms with Gasteiger partial charge in [0.2, 0.25) is 0 Å². The van der Waals surface area contributed by atoms with E-state index >= 15 is 0 Å². The number of nitrogens with two attached hydrogens (primary N) is 1. The minimum Gasteiger partial charge on any atom is -0.407 e. The van der Waals surface area contributed by atoms with E-state index in [4.69, 9.17) is 15.1 Å². The van der Waals surface area contributed by atoms with Gasteiger partial charge in [0, 0.05) is 36.5 Å². The van der Waals surface area contributed by atoms with Gasteiger partial charge in [0.25, 0.3) is 8.32 Å². The third-order valence-electron chi connectivity index (χ3n) is 6.34. The lowest BCUT2D eigenvalue weighted by atomic mass is 9.93. The topological polar surface area (TPSA) is 61.0 Å². The molecule has 4 rings (SSSR count). The lowest BCUT2D eigenvalue weighted by molar-refractivity contribution is 0.299. The molecule has 0 saturated heterocycles. The van der Waals surface area contributed by atoms with E-state index in [9.17, 15) is 0 Å². The van der Waals surface area contributed by atoms with Crippen molar-refractivity contribution < 1.29 is 4.43 Å². The molecular formula is C26H33N3OSi. The molecule has 31 heavy (non-hydrogen) atoms. The fourth-order valence-corrected chi connectivity index (χ4v) is 9.36. The minimum absolute atomic E-state index is 0.0286. The molecule has 0 bridgehead atoms. The first-order chi connectivity index (χ1) is 14.9. The number of fused-ring (bicyclic) bond motifs is 1. The number of aromatic nitrogens is 2. The smallest absolute Gasteiger partial charge is 0.261 e. The summed E-state index contributed by atoms with van der Waals surface area (Å²) in [7, 11) is -2.52. The fourth-order valence-electron chi connectivity index (χ4n) is 4.80. The second-order valence-electron chi connectivity index (χ2n) is 9.45. The van der Waals surface area contributed by atoms with Crippen molar-refractivity contribution in [3.8, 4) is 0 Å². The summed E-state index contributed by atoms with van der Waals surface area (Å²) in [5.41, 5.74) is 8.46. The predicted octanol–water partition coefficient (Wildman–Crippen LogP) is 3.93. The van der Waals surface area contributed by atoms with Crippen molar-refractivity contribution in [3.05, 3.63) is 83.9 Å². The van der Waals surface area contributed by atoms with Gasteiger partial charge in [-0.1, -0.05) is 81.4 Å². The van der Waals surface area contributed by atoms with Crippen molar-refractivity contribution in [1.29, 1.82) is 0 Å². The summed E-state index contributed by atoms with van der Waals surface area (Å²) in [4.78, 5) is 9.45. The number of hydrogen-bond acceptors (Lipinski definition) is 4. The Bertz CT molecular complexity index is 963. The highest BCUT2D eigenvalue weighted by Gasteiger charge is 2.50. The lowest BCUT2D eigenvalue weighted by Crippen LogP contribution is -2.66. The molecule has 0 aliphatic heterocycles. The molecule has 2 aromatic carbocycles. The lowest BCUT2D eigenvalue weighted by Gasteiger charge is -2.43. The Morgan fingerprint density at radius 1 is 1.00 bits per heavy atom. The number of hydrogen-bond donors (Lipinski definition) is 1. The van der Waals surface area contributed by atoms with Crippen LogP contribution in [0, 0.1) is 0 Å². The zero-order chi connectivity index (χ0) is 21.9. The van der Waals surface area contributed by atoms with Gasteiger partial charge in [-0.2, -0.15) is 0 Å². The van der Waals surface area contributed by atoms with Gasteiger partial charge in [-0.25, -0.2) is 9.97 Å². The average Bonchev–Trinajstić information content (AvgIpc) is 2.77. The van der Waals surface area contributed by atoms with Gasteiger partial charge < -0.3 is 10.2 Å². The van der Waals surface area contributed by atoms with Crippen molar-refractivity contribution in [2.24, 2.45) is 5.73 Å². The van der Waals surface area contributed by atoms with Crippen molar-refractivity contribution in [2.45, 2.75) is 57.5 Å². The molecule has 2 N–H and O–H groups in total. The van der Waals surface area contributed by atoms with Crippen molar-refractivity contribution in [3.63, 3.8) is 0 Å². The van der Waals surface area contributed by atoms with Crippen LogP contribution in [0.5, 0.6) is 0 Å². The molecule has 4 nitrogen and oxygen atoms in total. The molecule has 1 aromatic heterocycles. The molecular weight excluding hydrogens is 398 g/mol. The van der Waals surface area contributed by atoms with Crippen molar-refractivity contribution in [2.75, 3.05) is 6.61 Å². The van der Waals surface area contributed by atoms with E-state index in [2.05, 4.69) is 86.4 Å². The molecule has 5 heteroatoms. The third-order valence-corrected chi connectivity index (χ3v) is 11.4. The molecule has 0 fully saturated rings. The Balaban J connectivity index is 1.63. The van der Waals surface area contributed by atoms with Crippen LogP contribution in [0.1, 0.15) is 56.7 Å². The van der Waals surface area contributed by atoms with Gasteiger partial charge in [0.05, 0.1) is 0 Å². The standard InChI is InChI=1S/C26H33N3OSi/c1-26(2,3)31(20-11-6-4-7-12-20,21-13-8-5-9-14-21)30-18-17-25-28-19-22-23(27)15-10-16-24(22)29-25/h4-9,11-14,19,23H,10,15-18,27H2,1-3H3. The zero-order valence-corrected chi connectivity index (χ0v) is 19.8. The van der Waals surface area contributed by atoms with Gasteiger partial charge in [-0.15, -0.1) is 0 Å². The van der Waals surface area contributed by atoms with E-state index in [1.54, 1.807) is 0 Å². The van der Waals surface area contributed by atoms with Crippen LogP contribution >= 0.6 is 0 Å². The zero-order valence-electron chi connectivity index (χ0n) is 18.8. The second-order valence-corrected chi connectivity index (χ2v) is 13.8. The summed E-state index contributed by atoms with van der Waals surface area (Å²) < 4.78 is 6.97. The van der Waals surface area contributed by atoms with Gasteiger partial charge in [0.15, 0.2) is 0 Å². The molecule has 0 spiro atoms. The van der Waals surface area contributed by atoms with E-state index in [-0.39, 0.29) is 11.1 Å². The molecule has 3 aromatic rings. The summed E-state index contributed by atoms with van der Waals surface area (Å²) in [5, 5.41) is 2.57. The van der Waals surface area contributed by atoms with Crippen LogP contribution in [0.4, 0.5) is 0 Å². The summed E-state index contributed by atoms with van der Waals surface area (Å²) in [6, 6.07) is 21.6. The Kier molecular flexibility index (Phi) is 6.37. The van der Waals surface area contributed by atoms with E-state index < -0.39 is 8.32 Å². The van der Waals surface area contributed by atoms with E-state index in [0.717, 1.165) is 36.3 Å². The maximum absolute atomic E-state index is 6.97. The van der Waals surface area contributed by atoms with Crippen LogP contribution in [0.2, 0.25) is 5.04 Å². The van der Waals surface area contributed by atoms with Crippen LogP contribution in [0.25, 0.3) is 0 Å². The van der Waals surface area contributed by atoms with Crippen molar-refractivity contribution >= 4 is 18.7 Å². The number of rotatable bonds is 6. The number of aryl methyl sites for hydroxylation is 1. The molecule has 0 radical (unpaired) electrons. The number of nitrogens with zero attached hydrogens (tertiary/aromatic N) is 2. The summed E-state index contributed by atoms with van der Waals surface area (Å²) >= 11 is 0. The molecule has 1 aliphatic carbocycles. The van der Waals surface area contributed by atoms with Gasteiger partial charge in [-0.3, -0.25) is 0 Å². The first kappa shape index (κ1) is 21.9. The highest BCUT2D eigenvalue weighted by atomic mass is 28.4. The normalized spacial score (nSPS) is 16.7. The van der Waals surface area contributed by atoms with Crippen LogP contribution < -0.4 is 16.1 Å². The van der Waals surface area contributed by atoms with Crippen LogP contribution in [-0.4, -0.2) is 24.9 Å². The van der Waals surface area contributed by atoms with Crippen LogP contribution in [0.3, 0.4) is 0 Å². The van der Waals surface area contributed by atoms with Crippen LogP contribution in [-0.2, 0) is 17.3 Å². The van der Waals surface area contributed by atoms with Gasteiger partial charge >= 0.3 is 0 Å². The largest absolute Gasteiger partial charge is 0.407 e. The van der Waals surface area contributed by atoms with E-state index in [1.807, 2.05) is 6.20 Å². The molecule has 1 heterocycles. The Morgan fingerprint density at radius 2 is 1.61 bits per heavy atom. The molecule has 162 valence electrons. The summed E-state index contributed by atoms with van der Waals surface area (Å²) in [5.74, 6) is 0.853. The van der Waals surface area contributed by atoms with Crippen molar-refractivity contribution in [1.82, 2.24) is 9.97 Å². The monoisotopic (exact) mass is 431 g/mol. The molecule has 1 unspecified atom stereocenters. The quantitative estimate of drug-likeness (QED) is 0.601. The third kappa shape index (κ3) is 4.35. The second kappa shape index (κ2) is 9.03. The highest BCUT2D eigenvalue weighted by molar-refractivity contribution is 6.99. The Hall–Kier alpha value is -2.34. The van der Waals surface area contributed by atoms with E-state index in [1.165, 1.54) is 10.4 Å². The SMILES string of the molecule is CC(C)(C)[Si](OCCc1ncc2c(n1)CCCC2N)(c1ccccc1)c1ccccc1.